The molecule has 12 rings (SSSR count). The number of anilines is 1. The third-order valence-corrected chi connectivity index (χ3v) is 13.5. The molecule has 6 aromatic rings. The van der Waals surface area contributed by atoms with Gasteiger partial charge < -0.3 is 10.6 Å². The predicted octanol–water partition coefficient (Wildman–Crippen LogP) is 11.8. The van der Waals surface area contributed by atoms with Gasteiger partial charge in [0, 0.05) is 51.6 Å². The third-order valence-electron chi connectivity index (χ3n) is 13.5. The van der Waals surface area contributed by atoms with Gasteiger partial charge in [-0.25, -0.2) is 4.98 Å². The molecule has 0 bridgehead atoms. The molecule has 2 aliphatic heterocycles. The van der Waals surface area contributed by atoms with Gasteiger partial charge >= 0.3 is 0 Å². The molecule has 0 saturated carbocycles. The highest BCUT2D eigenvalue weighted by Gasteiger charge is 2.55. The predicted molar refractivity (Wildman–Crippen MR) is 239 cm³/mol. The van der Waals surface area contributed by atoms with Crippen molar-refractivity contribution in [3.63, 3.8) is 0 Å². The molecule has 2 aromatic heterocycles. The lowest BCUT2D eigenvalue weighted by Crippen LogP contribution is -2.37. The van der Waals surface area contributed by atoms with Gasteiger partial charge in [-0.2, -0.15) is 0 Å². The summed E-state index contributed by atoms with van der Waals surface area (Å²) in [6.45, 7) is 4.39. The fourth-order valence-corrected chi connectivity index (χ4v) is 11.1. The summed E-state index contributed by atoms with van der Waals surface area (Å²) in [7, 11) is 0. The van der Waals surface area contributed by atoms with Crippen LogP contribution in [-0.4, -0.2) is 21.8 Å². The van der Waals surface area contributed by atoms with Gasteiger partial charge in [0.05, 0.1) is 22.7 Å². The minimum atomic E-state index is -0.347. The second-order valence-electron chi connectivity index (χ2n) is 16.6. The van der Waals surface area contributed by atoms with E-state index in [0.29, 0.717) is 5.92 Å². The first-order chi connectivity index (χ1) is 28.6. The normalized spacial score (nSPS) is 23.9. The van der Waals surface area contributed by atoms with Crippen LogP contribution in [0.2, 0.25) is 0 Å². The number of aliphatic imine (C=N–C) groups is 1. The van der Waals surface area contributed by atoms with E-state index in [0.717, 1.165) is 70.0 Å². The lowest BCUT2D eigenvalue weighted by molar-refractivity contribution is 0.696. The van der Waals surface area contributed by atoms with E-state index in [9.17, 15) is 0 Å². The van der Waals surface area contributed by atoms with Crippen molar-refractivity contribution in [2.75, 3.05) is 4.90 Å². The Morgan fingerprint density at radius 1 is 0.862 bits per heavy atom. The molecule has 4 aromatic carbocycles. The molecule has 0 amide bonds. The number of nitrogens with zero attached hydrogens (tertiary/aromatic N) is 4. The molecular formula is C53H43N5. The summed E-state index contributed by atoms with van der Waals surface area (Å²) in [6, 6.07) is 38.1. The number of pyridine rings is 1. The Balaban J connectivity index is 0.969. The molecule has 4 aliphatic carbocycles. The van der Waals surface area contributed by atoms with Crippen molar-refractivity contribution in [3.05, 3.63) is 197 Å². The average Bonchev–Trinajstić information content (AvgIpc) is 3.94. The van der Waals surface area contributed by atoms with Gasteiger partial charge in [-0.05, 0) is 113 Å². The fraction of sp³-hybridized carbons (Fsp3) is 0.170. The SMILES string of the molecule is C/C=C\C1=C(N)N(c2ccc(-c3ccc(-n4c5ccccc5c5cc6c(nc54)-c4ccccc4C64C5=CCC(C)C=C5C5=C4C=CCC5)cc3)cc2)C2C=NC=CC12. The Morgan fingerprint density at radius 2 is 1.64 bits per heavy atom. The molecule has 4 unspecified atom stereocenters. The number of allylic oxidation sites excluding steroid dienone is 10. The van der Waals surface area contributed by atoms with E-state index in [1.807, 2.05) is 19.3 Å². The van der Waals surface area contributed by atoms with Crippen molar-refractivity contribution >= 4 is 33.8 Å². The Kier molecular flexibility index (Phi) is 7.14. The van der Waals surface area contributed by atoms with E-state index in [4.69, 9.17) is 10.7 Å². The quantitative estimate of drug-likeness (QED) is 0.195. The molecule has 6 aliphatic rings. The van der Waals surface area contributed by atoms with Crippen LogP contribution in [0.3, 0.4) is 0 Å². The van der Waals surface area contributed by atoms with Crippen LogP contribution in [0.5, 0.6) is 0 Å². The van der Waals surface area contributed by atoms with Crippen molar-refractivity contribution in [1.82, 2.24) is 9.55 Å². The molecule has 1 spiro atoms. The molecule has 5 heteroatoms. The minimum absolute atomic E-state index is 0.0701. The summed E-state index contributed by atoms with van der Waals surface area (Å²) in [6.07, 6.45) is 23.4. The Morgan fingerprint density at radius 3 is 2.47 bits per heavy atom. The van der Waals surface area contributed by atoms with Gasteiger partial charge in [-0.15, -0.1) is 0 Å². The monoisotopic (exact) mass is 749 g/mol. The van der Waals surface area contributed by atoms with E-state index in [-0.39, 0.29) is 17.4 Å². The fourth-order valence-electron chi connectivity index (χ4n) is 11.1. The summed E-state index contributed by atoms with van der Waals surface area (Å²) < 4.78 is 2.36. The summed E-state index contributed by atoms with van der Waals surface area (Å²) in [5.74, 6) is 1.51. The second kappa shape index (κ2) is 12.4. The zero-order valence-corrected chi connectivity index (χ0v) is 32.7. The maximum absolute atomic E-state index is 6.77. The highest BCUT2D eigenvalue weighted by Crippen LogP contribution is 2.65. The molecule has 0 fully saturated rings. The van der Waals surface area contributed by atoms with E-state index in [1.165, 1.54) is 49.8 Å². The number of hydrogen-bond acceptors (Lipinski definition) is 4. The van der Waals surface area contributed by atoms with Crippen LogP contribution in [0.4, 0.5) is 5.69 Å². The number of para-hydroxylation sites is 1. The number of rotatable bonds is 4. The van der Waals surface area contributed by atoms with Crippen LogP contribution in [0.25, 0.3) is 50.0 Å². The van der Waals surface area contributed by atoms with Gasteiger partial charge in [0.25, 0.3) is 0 Å². The highest BCUT2D eigenvalue weighted by atomic mass is 15.3. The van der Waals surface area contributed by atoms with Gasteiger partial charge in [0.2, 0.25) is 0 Å². The van der Waals surface area contributed by atoms with Gasteiger partial charge in [0.15, 0.2) is 0 Å². The lowest BCUT2D eigenvalue weighted by atomic mass is 9.68. The Labute approximate surface area is 338 Å². The third kappa shape index (κ3) is 4.42. The van der Waals surface area contributed by atoms with Crippen molar-refractivity contribution in [2.24, 2.45) is 22.6 Å². The molecule has 4 atom stereocenters. The smallest absolute Gasteiger partial charge is 0.146 e. The summed E-state index contributed by atoms with van der Waals surface area (Å²) in [4.78, 5) is 12.4. The largest absolute Gasteiger partial charge is 0.385 e. The topological polar surface area (TPSA) is 59.4 Å². The van der Waals surface area contributed by atoms with Crippen molar-refractivity contribution in [2.45, 2.75) is 44.6 Å². The summed E-state index contributed by atoms with van der Waals surface area (Å²) >= 11 is 0. The maximum atomic E-state index is 6.77. The zero-order chi connectivity index (χ0) is 38.7. The van der Waals surface area contributed by atoms with Crippen molar-refractivity contribution < 1.29 is 0 Å². The molecule has 5 nitrogen and oxygen atoms in total. The number of hydrogen-bond donors (Lipinski definition) is 1. The van der Waals surface area contributed by atoms with E-state index < -0.39 is 0 Å². The first-order valence-electron chi connectivity index (χ1n) is 20.8. The number of nitrogens with two attached hydrogens (primary N) is 1. The number of aromatic nitrogens is 2. The molecule has 280 valence electrons. The van der Waals surface area contributed by atoms with Crippen LogP contribution < -0.4 is 10.6 Å². The van der Waals surface area contributed by atoms with E-state index >= 15 is 0 Å². The summed E-state index contributed by atoms with van der Waals surface area (Å²) in [5.41, 5.74) is 25.1. The number of fused-ring (bicyclic) bond motifs is 13. The van der Waals surface area contributed by atoms with Gasteiger partial charge in [0.1, 0.15) is 11.5 Å². The molecule has 2 N–H and O–H groups in total. The Hall–Kier alpha value is -6.72. The molecular weight excluding hydrogens is 707 g/mol. The molecule has 58 heavy (non-hydrogen) atoms. The second-order valence-corrected chi connectivity index (χ2v) is 16.6. The van der Waals surface area contributed by atoms with Gasteiger partial charge in [-0.1, -0.05) is 116 Å². The van der Waals surface area contributed by atoms with Crippen LogP contribution in [0, 0.1) is 11.8 Å². The van der Waals surface area contributed by atoms with Crippen LogP contribution in [0.15, 0.2) is 191 Å². The zero-order valence-electron chi connectivity index (χ0n) is 32.7. The highest BCUT2D eigenvalue weighted by molar-refractivity contribution is 6.10. The maximum Gasteiger partial charge on any atom is 0.146 e. The van der Waals surface area contributed by atoms with Crippen LogP contribution in [-0.2, 0) is 5.41 Å². The van der Waals surface area contributed by atoms with E-state index in [2.05, 4.69) is 167 Å². The Bertz CT molecular complexity index is 3010. The molecule has 0 saturated heterocycles. The lowest BCUT2D eigenvalue weighted by Gasteiger charge is -2.33. The first-order valence-corrected chi connectivity index (χ1v) is 20.8. The van der Waals surface area contributed by atoms with Crippen molar-refractivity contribution in [3.8, 4) is 28.1 Å². The number of benzene rings is 4. The summed E-state index contributed by atoms with van der Waals surface area (Å²) in [5, 5.41) is 2.42. The first kappa shape index (κ1) is 33.4. The van der Waals surface area contributed by atoms with E-state index in [1.54, 1.807) is 0 Å². The molecule has 4 heterocycles. The standard InChI is InChI=1S/C53H43N5/c1-3-10-40-39-27-28-55-31-49(39)57(51(40)54)35-22-18-33(19-23-35)34-20-24-36(25-21-34)58-48-16-9-6-12-38(48)43-30-47-50(56-52(43)58)41-13-5-8-15-45(41)53(47)44-14-7-4-11-37(44)42-29-32(2)17-26-46(42)53/h3,5-10,12-16,18-32,39,49H,4,11,17,54H2,1-2H3/b10-3-. The van der Waals surface area contributed by atoms with Crippen molar-refractivity contribution in [1.29, 1.82) is 0 Å². The van der Waals surface area contributed by atoms with Gasteiger partial charge in [-0.3, -0.25) is 9.56 Å². The van der Waals surface area contributed by atoms with Crippen LogP contribution >= 0.6 is 0 Å². The minimum Gasteiger partial charge on any atom is -0.385 e. The molecule has 0 radical (unpaired) electrons. The average molecular weight is 750 g/mol. The van der Waals surface area contributed by atoms with Crippen LogP contribution in [0.1, 0.15) is 44.2 Å².